The molecule has 14 atom stereocenters. The number of amides is 14. The molecule has 0 aromatic heterocycles. The van der Waals surface area contributed by atoms with Gasteiger partial charge in [-0.15, -0.1) is 0 Å². The van der Waals surface area contributed by atoms with Gasteiger partial charge in [0.2, 0.25) is 82.7 Å². The third kappa shape index (κ3) is 32.8. The number of likely N-dealkylation sites (tertiary alicyclic amines) is 2. The molecule has 3 aliphatic rings. The molecular weight excluding hydrogens is 1560 g/mol. The average molecular weight is 1690 g/mol. The average Bonchev–Trinajstić information content (AvgIpc) is 1.79. The lowest BCUT2D eigenvalue weighted by atomic mass is 9.96. The van der Waals surface area contributed by atoms with E-state index in [0.29, 0.717) is 24.0 Å². The summed E-state index contributed by atoms with van der Waals surface area (Å²) in [6, 6.07) is -7.29. The molecule has 3 aliphatic heterocycles. The standard InChI is InChI=1S/C79H123N21O20/c1-8-44(6)64(74(116)97-58(77(119)120)38-43(4)5)98-71(113)56(40-46-22-26-48(102)27-23-46)96-73(115)60-19-14-36-100(60)76(118)53(17-12-33-86-78(82)83)91-65(107)49(16-11-34-87-79(84)85-7)90-72(114)59-18-13-35-99(59)75(117)52(15-9-10-32-80)92-70(112)57(41-61(81)103)95-67(109)51(29-31-63(105)106)89-69(111)55(39-45-20-24-47(101)25-21-45)94-68(110)54(37-42(2)3)93-66(108)50-28-30-62(104)88-50/h20-27,42-44,49-60,64,101-102H,8-19,28-41,80H2,1-7H3,(H2,81,103)(H,88,104)(H,89,111)(H,90,114)(H,91,107)(H,92,112)(H,93,108)(H,94,110)(H,95,109)(H,96,115)(H,97,116)(H,98,113)(H,105,106)(H,119,120)(H4,82,83,86)(H3,84,85,87)/t44-,49-,50-,51-,52-,53-,54-,55-,56-,57-,58-,59-,60-,64-/m0/s1. The zero-order valence-corrected chi connectivity index (χ0v) is 69.2. The fourth-order valence-corrected chi connectivity index (χ4v) is 14.1. The quantitative estimate of drug-likeness (QED) is 0.0173. The second kappa shape index (κ2) is 49.4. The first-order valence-electron chi connectivity index (χ1n) is 40.8. The highest BCUT2D eigenvalue weighted by Crippen LogP contribution is 2.25. The number of hydrogen-bond acceptors (Lipinski definition) is 21. The van der Waals surface area contributed by atoms with E-state index in [0.717, 1.165) is 0 Å². The van der Waals surface area contributed by atoms with Crippen LogP contribution in [-0.4, -0.2) is 255 Å². The number of aromatic hydroxyl groups is 2. The summed E-state index contributed by atoms with van der Waals surface area (Å²) >= 11 is 0. The summed E-state index contributed by atoms with van der Waals surface area (Å²) in [6.07, 6.45) is -1.23. The number of carboxylic acid groups (broad SMARTS) is 2. The lowest BCUT2D eigenvalue weighted by molar-refractivity contribution is -0.144. The Morgan fingerprint density at radius 3 is 1.44 bits per heavy atom. The monoisotopic (exact) mass is 1690 g/mol. The topological polar surface area (TPSA) is 660 Å². The van der Waals surface area contributed by atoms with Crippen molar-refractivity contribution in [2.45, 2.75) is 255 Å². The van der Waals surface area contributed by atoms with Gasteiger partial charge in [0.15, 0.2) is 11.9 Å². The number of nitrogens with two attached hydrogens (primary N) is 5. The maximum absolute atomic E-state index is 15.2. The van der Waals surface area contributed by atoms with Crippen molar-refractivity contribution in [2.24, 2.45) is 56.4 Å². The van der Waals surface area contributed by atoms with Crippen molar-refractivity contribution in [3.8, 4) is 11.5 Å². The van der Waals surface area contributed by atoms with Crippen molar-refractivity contribution in [1.82, 2.24) is 73.6 Å². The molecule has 0 unspecified atom stereocenters. The number of carbonyl (C=O) groups is 16. The first kappa shape index (κ1) is 98.6. The highest BCUT2D eigenvalue weighted by molar-refractivity contribution is 6.01. The minimum Gasteiger partial charge on any atom is -0.508 e. The molecule has 3 heterocycles. The number of aliphatic imine (C=N–C) groups is 2. The van der Waals surface area contributed by atoms with Crippen molar-refractivity contribution in [3.63, 3.8) is 0 Å². The summed E-state index contributed by atoms with van der Waals surface area (Å²) in [5.74, 6) is -16.3. The highest BCUT2D eigenvalue weighted by atomic mass is 16.4. The Labute approximate surface area is 696 Å². The van der Waals surface area contributed by atoms with E-state index in [2.05, 4.69) is 73.8 Å². The van der Waals surface area contributed by atoms with Crippen molar-refractivity contribution in [1.29, 1.82) is 0 Å². The lowest BCUT2D eigenvalue weighted by Gasteiger charge is -2.32. The predicted molar refractivity (Wildman–Crippen MR) is 438 cm³/mol. The third-order valence-electron chi connectivity index (χ3n) is 20.8. The zero-order chi connectivity index (χ0) is 89.0. The van der Waals surface area contributed by atoms with Crippen LogP contribution in [0.15, 0.2) is 58.5 Å². The molecule has 0 spiro atoms. The van der Waals surface area contributed by atoms with Crippen molar-refractivity contribution in [3.05, 3.63) is 59.7 Å². The number of nitrogens with zero attached hydrogens (tertiary/aromatic N) is 4. The van der Waals surface area contributed by atoms with Crippen LogP contribution >= 0.6 is 0 Å². The van der Waals surface area contributed by atoms with Gasteiger partial charge in [-0.2, -0.15) is 0 Å². The molecule has 26 N–H and O–H groups in total. The van der Waals surface area contributed by atoms with Gasteiger partial charge >= 0.3 is 11.9 Å². The van der Waals surface area contributed by atoms with E-state index >= 15 is 14.4 Å². The number of phenols is 2. The summed E-state index contributed by atoms with van der Waals surface area (Å²) in [5.41, 5.74) is 29.6. The molecule has 41 heteroatoms. The number of carbonyl (C=O) groups excluding carboxylic acids is 14. The number of unbranched alkanes of at least 4 members (excludes halogenated alkanes) is 1. The van der Waals surface area contributed by atoms with Crippen LogP contribution in [0.4, 0.5) is 0 Å². The number of benzene rings is 2. The molecule has 41 nitrogen and oxygen atoms in total. The van der Waals surface area contributed by atoms with E-state index < -0.39 is 192 Å². The number of primary amides is 1. The smallest absolute Gasteiger partial charge is 0.326 e. The molecule has 3 saturated heterocycles. The number of guanidine groups is 2. The van der Waals surface area contributed by atoms with Crippen LogP contribution in [-0.2, 0) is 89.6 Å². The first-order valence-corrected chi connectivity index (χ1v) is 40.8. The van der Waals surface area contributed by atoms with E-state index in [1.807, 2.05) is 0 Å². The molecule has 5 rings (SSSR count). The van der Waals surface area contributed by atoms with Gasteiger partial charge in [0.05, 0.1) is 6.42 Å². The van der Waals surface area contributed by atoms with Gasteiger partial charge in [-0.3, -0.25) is 81.9 Å². The number of nitrogens with one attached hydrogen (secondary N) is 12. The van der Waals surface area contributed by atoms with Crippen molar-refractivity contribution in [2.75, 3.05) is 39.8 Å². The molecule has 14 amide bonds. The number of rotatable bonds is 50. The van der Waals surface area contributed by atoms with Crippen molar-refractivity contribution < 1.29 is 97.1 Å². The first-order chi connectivity index (χ1) is 56.8. The van der Waals surface area contributed by atoms with Gasteiger partial charge in [-0.1, -0.05) is 72.2 Å². The summed E-state index contributed by atoms with van der Waals surface area (Å²) < 4.78 is 0. The number of aliphatic carboxylic acids is 2. The van der Waals surface area contributed by atoms with Gasteiger partial charge in [0, 0.05) is 58.9 Å². The van der Waals surface area contributed by atoms with E-state index in [9.17, 15) is 82.8 Å². The normalized spacial score (nSPS) is 17.9. The second-order valence-electron chi connectivity index (χ2n) is 31.3. The molecule has 0 bridgehead atoms. The Morgan fingerprint density at radius 1 is 0.517 bits per heavy atom. The highest BCUT2D eigenvalue weighted by Gasteiger charge is 2.44. The summed E-state index contributed by atoms with van der Waals surface area (Å²) in [7, 11) is 1.43. The van der Waals surface area contributed by atoms with Crippen LogP contribution in [0.1, 0.15) is 175 Å². The molecule has 0 aliphatic carbocycles. The Hall–Kier alpha value is -11.9. The van der Waals surface area contributed by atoms with E-state index in [1.165, 1.54) is 65.4 Å². The second-order valence-corrected chi connectivity index (χ2v) is 31.3. The van der Waals surface area contributed by atoms with E-state index in [-0.39, 0.29) is 177 Å². The maximum Gasteiger partial charge on any atom is 0.326 e. The summed E-state index contributed by atoms with van der Waals surface area (Å²) in [5, 5.41) is 71.7. The molecular formula is C79H123N21O20. The summed E-state index contributed by atoms with van der Waals surface area (Å²) in [6.45, 7) is 10.7. The predicted octanol–water partition coefficient (Wildman–Crippen LogP) is -3.55. The SMILES string of the molecule is CC[C@H](C)[C@H](NC(=O)[C@H](Cc1ccc(O)cc1)NC(=O)[C@@H]1CCCN1C(=O)[C@H](CCCN=C(N)N)NC(=O)[C@H](CCCNC(N)=NC)NC(=O)[C@@H]1CCCN1C(=O)[C@H](CCCCN)NC(=O)[C@H](CC(N)=O)NC(=O)[C@H](CCC(=O)O)NC(=O)[C@H](Cc1ccc(O)cc1)NC(=O)[C@H](CC(C)C)NC(=O)[C@@H]1CCC(=O)N1)C(=O)N[C@@H](CC(C)C)C(=O)O. The Bertz CT molecular complexity index is 3940. The van der Waals surface area contributed by atoms with E-state index in [4.69, 9.17) is 28.7 Å². The van der Waals surface area contributed by atoms with Gasteiger partial charge in [0.1, 0.15) is 90.0 Å². The number of hydrogen-bond donors (Lipinski definition) is 21. The molecule has 0 radical (unpaired) electrons. The maximum atomic E-state index is 15.2. The summed E-state index contributed by atoms with van der Waals surface area (Å²) in [4.78, 5) is 234. The molecule has 3 fully saturated rings. The Balaban J connectivity index is 1.42. The van der Waals surface area contributed by atoms with Crippen molar-refractivity contribution >= 4 is 107 Å². The molecule has 0 saturated carbocycles. The largest absolute Gasteiger partial charge is 0.508 e. The van der Waals surface area contributed by atoms with Crippen LogP contribution in [0.5, 0.6) is 11.5 Å². The number of phenolic OH excluding ortho intramolecular Hbond substituents is 2. The molecule has 120 heavy (non-hydrogen) atoms. The van der Waals surface area contributed by atoms with Crippen LogP contribution in [0.25, 0.3) is 0 Å². The van der Waals surface area contributed by atoms with Gasteiger partial charge in [0.25, 0.3) is 0 Å². The van der Waals surface area contributed by atoms with Crippen LogP contribution in [0.3, 0.4) is 0 Å². The third-order valence-corrected chi connectivity index (χ3v) is 20.8. The minimum atomic E-state index is -1.93. The molecule has 2 aromatic carbocycles. The van der Waals surface area contributed by atoms with Gasteiger partial charge in [-0.05, 0) is 156 Å². The zero-order valence-electron chi connectivity index (χ0n) is 69.2. The fourth-order valence-electron chi connectivity index (χ4n) is 14.1. The van der Waals surface area contributed by atoms with Gasteiger partial charge < -0.3 is 123 Å². The molecule has 664 valence electrons. The van der Waals surface area contributed by atoms with Crippen LogP contribution in [0.2, 0.25) is 0 Å². The molecule has 2 aromatic rings. The Morgan fingerprint density at radius 2 is 0.958 bits per heavy atom. The Kier molecular flexibility index (Phi) is 40.6. The fraction of sp³-hybridized carbons (Fsp3) is 0.620. The van der Waals surface area contributed by atoms with E-state index in [1.54, 1.807) is 41.5 Å². The van der Waals surface area contributed by atoms with Crippen LogP contribution in [0, 0.1) is 17.8 Å². The minimum absolute atomic E-state index is 0.0152. The van der Waals surface area contributed by atoms with Gasteiger partial charge in [-0.25, -0.2) is 4.79 Å². The van der Waals surface area contributed by atoms with Crippen LogP contribution < -0.4 is 92.5 Å². The lowest BCUT2D eigenvalue weighted by Crippen LogP contribution is -2.61. The number of carboxylic acids is 2.